The zero-order chi connectivity index (χ0) is 14.1. The zero-order valence-corrected chi connectivity index (χ0v) is 12.0. The molecule has 0 aliphatic carbocycles. The maximum absolute atomic E-state index is 5.48. The first-order chi connectivity index (χ1) is 9.61. The summed E-state index contributed by atoms with van der Waals surface area (Å²) in [6, 6.07) is 12.5. The minimum absolute atomic E-state index is 0.700. The number of aryl methyl sites for hydroxylation is 3. The molecular weight excluding hydrogens is 248 g/mol. The molecule has 0 amide bonds. The van der Waals surface area contributed by atoms with Gasteiger partial charge in [-0.25, -0.2) is 4.98 Å². The Bertz CT molecular complexity index is 759. The third-order valence-electron chi connectivity index (χ3n) is 3.56. The van der Waals surface area contributed by atoms with Crippen molar-refractivity contribution in [2.24, 2.45) is 0 Å². The van der Waals surface area contributed by atoms with Gasteiger partial charge in [0, 0.05) is 19.2 Å². The van der Waals surface area contributed by atoms with Gasteiger partial charge in [0.15, 0.2) is 11.5 Å². The number of fused-ring (bicyclic) bond motifs is 1. The summed E-state index contributed by atoms with van der Waals surface area (Å²) < 4.78 is 5.48. The van der Waals surface area contributed by atoms with Crippen LogP contribution in [0.25, 0.3) is 11.1 Å². The van der Waals surface area contributed by atoms with E-state index in [0.717, 1.165) is 23.3 Å². The first kappa shape index (κ1) is 12.7. The van der Waals surface area contributed by atoms with Crippen LogP contribution in [0, 0.1) is 20.8 Å². The van der Waals surface area contributed by atoms with Crippen LogP contribution in [-0.4, -0.2) is 4.98 Å². The third-order valence-corrected chi connectivity index (χ3v) is 3.56. The van der Waals surface area contributed by atoms with Gasteiger partial charge in [0.1, 0.15) is 5.52 Å². The summed E-state index contributed by atoms with van der Waals surface area (Å²) in [4.78, 5) is 4.35. The van der Waals surface area contributed by atoms with Gasteiger partial charge in [0.25, 0.3) is 0 Å². The monoisotopic (exact) mass is 266 g/mol. The second-order valence-electron chi connectivity index (χ2n) is 5.19. The molecule has 3 aromatic rings. The van der Waals surface area contributed by atoms with Crippen LogP contribution in [0.15, 0.2) is 40.8 Å². The first-order valence-electron chi connectivity index (χ1n) is 6.79. The summed E-state index contributed by atoms with van der Waals surface area (Å²) in [5.74, 6) is 0.700. The summed E-state index contributed by atoms with van der Waals surface area (Å²) in [6.07, 6.45) is 0. The molecule has 0 atom stereocenters. The van der Waals surface area contributed by atoms with E-state index in [9.17, 15) is 0 Å². The van der Waals surface area contributed by atoms with Crippen molar-refractivity contribution in [1.29, 1.82) is 0 Å². The van der Waals surface area contributed by atoms with Crippen molar-refractivity contribution in [2.45, 2.75) is 27.3 Å². The van der Waals surface area contributed by atoms with Crippen LogP contribution in [0.3, 0.4) is 0 Å². The molecule has 1 heterocycles. The first-order valence-corrected chi connectivity index (χ1v) is 6.79. The maximum Gasteiger partial charge on any atom is 0.192 e. The van der Waals surface area contributed by atoms with Crippen LogP contribution in [0.5, 0.6) is 0 Å². The second kappa shape index (κ2) is 5.00. The standard InChI is InChI=1S/C17H18N2O/c1-11-4-5-14(8-12(11)2)10-18-15-6-7-17-16(9-15)19-13(3)20-17/h4-9,18H,10H2,1-3H3. The fourth-order valence-electron chi connectivity index (χ4n) is 2.27. The Morgan fingerprint density at radius 1 is 1.00 bits per heavy atom. The largest absolute Gasteiger partial charge is 0.441 e. The molecule has 0 unspecified atom stereocenters. The molecule has 0 aliphatic heterocycles. The number of hydrogen-bond acceptors (Lipinski definition) is 3. The number of aromatic nitrogens is 1. The maximum atomic E-state index is 5.48. The normalized spacial score (nSPS) is 10.9. The van der Waals surface area contributed by atoms with E-state index in [-0.39, 0.29) is 0 Å². The van der Waals surface area contributed by atoms with E-state index in [1.807, 2.05) is 25.1 Å². The smallest absolute Gasteiger partial charge is 0.192 e. The van der Waals surface area contributed by atoms with Gasteiger partial charge in [-0.2, -0.15) is 0 Å². The SMILES string of the molecule is Cc1nc2cc(NCc3ccc(C)c(C)c3)ccc2o1. The summed E-state index contributed by atoms with van der Waals surface area (Å²) in [5, 5.41) is 3.43. The van der Waals surface area contributed by atoms with Crippen LogP contribution >= 0.6 is 0 Å². The third kappa shape index (κ3) is 2.52. The Morgan fingerprint density at radius 2 is 1.85 bits per heavy atom. The highest BCUT2D eigenvalue weighted by Gasteiger charge is 2.03. The van der Waals surface area contributed by atoms with Crippen molar-refractivity contribution in [1.82, 2.24) is 4.98 Å². The van der Waals surface area contributed by atoms with Crippen LogP contribution in [0.4, 0.5) is 5.69 Å². The lowest BCUT2D eigenvalue weighted by atomic mass is 10.1. The van der Waals surface area contributed by atoms with Crippen molar-refractivity contribution < 1.29 is 4.42 Å². The molecule has 3 heteroatoms. The molecule has 2 aromatic carbocycles. The molecule has 102 valence electrons. The van der Waals surface area contributed by atoms with Gasteiger partial charge in [0.05, 0.1) is 0 Å². The average molecular weight is 266 g/mol. The summed E-state index contributed by atoms with van der Waals surface area (Å²) >= 11 is 0. The van der Waals surface area contributed by atoms with Crippen LogP contribution in [0.1, 0.15) is 22.6 Å². The van der Waals surface area contributed by atoms with Crippen molar-refractivity contribution in [3.8, 4) is 0 Å². The lowest BCUT2D eigenvalue weighted by molar-refractivity contribution is 0.561. The Kier molecular flexibility index (Phi) is 3.18. The molecule has 20 heavy (non-hydrogen) atoms. The summed E-state index contributed by atoms with van der Waals surface area (Å²) in [5.41, 5.74) is 6.72. The van der Waals surface area contributed by atoms with E-state index in [1.54, 1.807) is 0 Å². The molecule has 0 fully saturated rings. The number of nitrogens with one attached hydrogen (secondary N) is 1. The zero-order valence-electron chi connectivity index (χ0n) is 12.0. The van der Waals surface area contributed by atoms with E-state index in [2.05, 4.69) is 42.3 Å². The van der Waals surface area contributed by atoms with Crippen molar-refractivity contribution >= 4 is 16.8 Å². The minimum atomic E-state index is 0.700. The van der Waals surface area contributed by atoms with Crippen molar-refractivity contribution in [3.63, 3.8) is 0 Å². The average Bonchev–Trinajstić information content (AvgIpc) is 2.79. The molecule has 0 aliphatic rings. The number of benzene rings is 2. The van der Waals surface area contributed by atoms with E-state index in [4.69, 9.17) is 4.42 Å². The number of oxazole rings is 1. The van der Waals surface area contributed by atoms with E-state index >= 15 is 0 Å². The molecule has 0 radical (unpaired) electrons. The van der Waals surface area contributed by atoms with Gasteiger partial charge < -0.3 is 9.73 Å². The summed E-state index contributed by atoms with van der Waals surface area (Å²) in [6.45, 7) is 6.95. The molecule has 0 saturated carbocycles. The Balaban J connectivity index is 1.77. The lowest BCUT2D eigenvalue weighted by Gasteiger charge is -2.08. The number of hydrogen-bond donors (Lipinski definition) is 1. The van der Waals surface area contributed by atoms with Gasteiger partial charge in [0.2, 0.25) is 0 Å². The highest BCUT2D eigenvalue weighted by atomic mass is 16.3. The highest BCUT2D eigenvalue weighted by Crippen LogP contribution is 2.20. The van der Waals surface area contributed by atoms with Gasteiger partial charge in [-0.1, -0.05) is 18.2 Å². The predicted octanol–water partition coefficient (Wildman–Crippen LogP) is 4.37. The van der Waals surface area contributed by atoms with Crippen LogP contribution in [0.2, 0.25) is 0 Å². The van der Waals surface area contributed by atoms with Gasteiger partial charge >= 0.3 is 0 Å². The molecule has 1 N–H and O–H groups in total. The van der Waals surface area contributed by atoms with Crippen LogP contribution in [-0.2, 0) is 6.54 Å². The fraction of sp³-hybridized carbons (Fsp3) is 0.235. The minimum Gasteiger partial charge on any atom is -0.441 e. The topological polar surface area (TPSA) is 38.1 Å². The Labute approximate surface area is 118 Å². The van der Waals surface area contributed by atoms with Crippen LogP contribution < -0.4 is 5.32 Å². The van der Waals surface area contributed by atoms with E-state index in [0.29, 0.717) is 5.89 Å². The van der Waals surface area contributed by atoms with Gasteiger partial charge in [-0.05, 0) is 48.7 Å². The van der Waals surface area contributed by atoms with Crippen molar-refractivity contribution in [3.05, 3.63) is 59.0 Å². The molecule has 0 spiro atoms. The van der Waals surface area contributed by atoms with E-state index in [1.165, 1.54) is 16.7 Å². The fourth-order valence-corrected chi connectivity index (χ4v) is 2.27. The quantitative estimate of drug-likeness (QED) is 0.765. The molecule has 0 bridgehead atoms. The van der Waals surface area contributed by atoms with Crippen molar-refractivity contribution in [2.75, 3.05) is 5.32 Å². The number of anilines is 1. The lowest BCUT2D eigenvalue weighted by Crippen LogP contribution is -1.99. The molecule has 3 rings (SSSR count). The molecule has 1 aromatic heterocycles. The number of nitrogens with zero attached hydrogens (tertiary/aromatic N) is 1. The molecule has 3 nitrogen and oxygen atoms in total. The second-order valence-corrected chi connectivity index (χ2v) is 5.19. The Hall–Kier alpha value is -2.29. The summed E-state index contributed by atoms with van der Waals surface area (Å²) in [7, 11) is 0. The molecular formula is C17H18N2O. The van der Waals surface area contributed by atoms with Gasteiger partial charge in [-0.3, -0.25) is 0 Å². The Morgan fingerprint density at radius 3 is 2.65 bits per heavy atom. The predicted molar refractivity (Wildman–Crippen MR) is 82.0 cm³/mol. The highest BCUT2D eigenvalue weighted by molar-refractivity contribution is 5.77. The molecule has 0 saturated heterocycles. The van der Waals surface area contributed by atoms with E-state index < -0.39 is 0 Å². The van der Waals surface area contributed by atoms with Gasteiger partial charge in [-0.15, -0.1) is 0 Å². The number of rotatable bonds is 3.